The standard InChI is InChI=1S/C12H16N2/c1-14(2)9-7-11-6-5-10-4-3-8-13-12(10)11/h3-4,7-8H,5-6,9H2,1-2H3/b11-7+. The number of hydrogen-bond donors (Lipinski definition) is 0. The van der Waals surface area contributed by atoms with Gasteiger partial charge in [-0.2, -0.15) is 0 Å². The second kappa shape index (κ2) is 3.93. The molecule has 14 heavy (non-hydrogen) atoms. The van der Waals surface area contributed by atoms with Crippen LogP contribution in [0.25, 0.3) is 5.57 Å². The summed E-state index contributed by atoms with van der Waals surface area (Å²) in [5.41, 5.74) is 4.03. The van der Waals surface area contributed by atoms with E-state index in [-0.39, 0.29) is 0 Å². The number of hydrogen-bond acceptors (Lipinski definition) is 2. The molecular formula is C12H16N2. The minimum absolute atomic E-state index is 1.01. The molecular weight excluding hydrogens is 172 g/mol. The SMILES string of the molecule is CN(C)C/C=C1\CCc2cccnc21. The first-order valence-electron chi connectivity index (χ1n) is 5.05. The monoisotopic (exact) mass is 188 g/mol. The fourth-order valence-corrected chi connectivity index (χ4v) is 1.81. The van der Waals surface area contributed by atoms with Gasteiger partial charge >= 0.3 is 0 Å². The summed E-state index contributed by atoms with van der Waals surface area (Å²) in [6.07, 6.45) is 6.48. The third-order valence-electron chi connectivity index (χ3n) is 2.56. The van der Waals surface area contributed by atoms with Gasteiger partial charge in [-0.3, -0.25) is 4.98 Å². The van der Waals surface area contributed by atoms with E-state index in [2.05, 4.69) is 36.1 Å². The lowest BCUT2D eigenvalue weighted by atomic mass is 10.2. The largest absolute Gasteiger partial charge is 0.306 e. The molecule has 0 aromatic carbocycles. The van der Waals surface area contributed by atoms with Crippen LogP contribution < -0.4 is 0 Å². The van der Waals surface area contributed by atoms with E-state index in [0.717, 1.165) is 19.4 Å². The lowest BCUT2D eigenvalue weighted by Gasteiger charge is -2.06. The molecule has 74 valence electrons. The number of aryl methyl sites for hydroxylation is 1. The van der Waals surface area contributed by atoms with Crippen LogP contribution in [0.2, 0.25) is 0 Å². The van der Waals surface area contributed by atoms with Gasteiger partial charge in [0.15, 0.2) is 0 Å². The fourth-order valence-electron chi connectivity index (χ4n) is 1.81. The topological polar surface area (TPSA) is 16.1 Å². The van der Waals surface area contributed by atoms with Crippen molar-refractivity contribution in [2.75, 3.05) is 20.6 Å². The summed E-state index contributed by atoms with van der Waals surface area (Å²) in [5, 5.41) is 0. The maximum absolute atomic E-state index is 4.43. The lowest BCUT2D eigenvalue weighted by Crippen LogP contribution is -2.10. The van der Waals surface area contributed by atoms with Crippen molar-refractivity contribution < 1.29 is 0 Å². The molecule has 1 heterocycles. The van der Waals surface area contributed by atoms with Crippen molar-refractivity contribution in [1.82, 2.24) is 9.88 Å². The molecule has 2 rings (SSSR count). The number of pyridine rings is 1. The van der Waals surface area contributed by atoms with Crippen molar-refractivity contribution in [3.8, 4) is 0 Å². The highest BCUT2D eigenvalue weighted by Gasteiger charge is 2.15. The van der Waals surface area contributed by atoms with Crippen molar-refractivity contribution >= 4 is 5.57 Å². The normalized spacial score (nSPS) is 17.8. The van der Waals surface area contributed by atoms with Crippen LogP contribution in [-0.4, -0.2) is 30.5 Å². The van der Waals surface area contributed by atoms with E-state index in [9.17, 15) is 0 Å². The van der Waals surface area contributed by atoms with Crippen LogP contribution in [0.1, 0.15) is 17.7 Å². The zero-order valence-corrected chi connectivity index (χ0v) is 8.83. The average molecular weight is 188 g/mol. The first-order chi connectivity index (χ1) is 6.77. The molecule has 0 aliphatic heterocycles. The van der Waals surface area contributed by atoms with Gasteiger partial charge in [0.05, 0.1) is 5.69 Å². The number of rotatable bonds is 2. The van der Waals surface area contributed by atoms with Crippen molar-refractivity contribution in [3.63, 3.8) is 0 Å². The second-order valence-electron chi connectivity index (χ2n) is 4.00. The molecule has 1 aromatic heterocycles. The van der Waals surface area contributed by atoms with Crippen molar-refractivity contribution in [1.29, 1.82) is 0 Å². The van der Waals surface area contributed by atoms with E-state index in [0.29, 0.717) is 0 Å². The van der Waals surface area contributed by atoms with Gasteiger partial charge < -0.3 is 4.90 Å². The first kappa shape index (κ1) is 9.41. The van der Waals surface area contributed by atoms with Gasteiger partial charge in [0.2, 0.25) is 0 Å². The van der Waals surface area contributed by atoms with Crippen LogP contribution in [0.3, 0.4) is 0 Å². The van der Waals surface area contributed by atoms with E-state index < -0.39 is 0 Å². The van der Waals surface area contributed by atoms with Crippen LogP contribution in [-0.2, 0) is 6.42 Å². The Bertz CT molecular complexity index is 353. The molecule has 0 fully saturated rings. The minimum Gasteiger partial charge on any atom is -0.306 e. The Hall–Kier alpha value is -1.15. The maximum atomic E-state index is 4.43. The highest BCUT2D eigenvalue weighted by Crippen LogP contribution is 2.29. The third kappa shape index (κ3) is 1.85. The molecule has 0 spiro atoms. The summed E-state index contributed by atoms with van der Waals surface area (Å²) in [5.74, 6) is 0. The zero-order valence-electron chi connectivity index (χ0n) is 8.83. The summed E-state index contributed by atoms with van der Waals surface area (Å²) in [4.78, 5) is 6.61. The summed E-state index contributed by atoms with van der Waals surface area (Å²) in [6.45, 7) is 1.01. The van der Waals surface area contributed by atoms with E-state index in [4.69, 9.17) is 0 Å². The Balaban J connectivity index is 2.21. The van der Waals surface area contributed by atoms with Crippen molar-refractivity contribution in [2.45, 2.75) is 12.8 Å². The van der Waals surface area contributed by atoms with E-state index in [1.54, 1.807) is 0 Å². The molecule has 1 aliphatic carbocycles. The van der Waals surface area contributed by atoms with Crippen LogP contribution in [0.4, 0.5) is 0 Å². The Morgan fingerprint density at radius 2 is 2.29 bits per heavy atom. The molecule has 0 bridgehead atoms. The molecule has 0 N–H and O–H groups in total. The van der Waals surface area contributed by atoms with Crippen LogP contribution in [0.15, 0.2) is 24.4 Å². The number of aromatic nitrogens is 1. The Labute approximate surface area is 85.3 Å². The van der Waals surface area contributed by atoms with Gasteiger partial charge in [0, 0.05) is 12.7 Å². The van der Waals surface area contributed by atoms with Gasteiger partial charge in [-0.25, -0.2) is 0 Å². The number of likely N-dealkylation sites (N-methyl/N-ethyl adjacent to an activating group) is 1. The van der Waals surface area contributed by atoms with Crippen molar-refractivity contribution in [3.05, 3.63) is 35.7 Å². The molecule has 1 aliphatic rings. The van der Waals surface area contributed by atoms with Crippen molar-refractivity contribution in [2.24, 2.45) is 0 Å². The smallest absolute Gasteiger partial charge is 0.0691 e. The predicted molar refractivity (Wildman–Crippen MR) is 59.1 cm³/mol. The Morgan fingerprint density at radius 1 is 1.43 bits per heavy atom. The highest BCUT2D eigenvalue weighted by molar-refractivity contribution is 5.69. The molecule has 0 atom stereocenters. The molecule has 1 aromatic rings. The van der Waals surface area contributed by atoms with Gasteiger partial charge in [0.25, 0.3) is 0 Å². The Morgan fingerprint density at radius 3 is 3.07 bits per heavy atom. The fraction of sp³-hybridized carbons (Fsp3) is 0.417. The molecule has 2 heteroatoms. The zero-order chi connectivity index (χ0) is 9.97. The van der Waals surface area contributed by atoms with E-state index in [1.807, 2.05) is 12.3 Å². The first-order valence-corrected chi connectivity index (χ1v) is 5.05. The minimum atomic E-state index is 1.01. The second-order valence-corrected chi connectivity index (χ2v) is 4.00. The molecule has 0 radical (unpaired) electrons. The van der Waals surface area contributed by atoms with E-state index >= 15 is 0 Å². The van der Waals surface area contributed by atoms with Crippen LogP contribution >= 0.6 is 0 Å². The molecule has 0 amide bonds. The van der Waals surface area contributed by atoms with Gasteiger partial charge in [-0.15, -0.1) is 0 Å². The van der Waals surface area contributed by atoms with E-state index in [1.165, 1.54) is 16.8 Å². The average Bonchev–Trinajstić information content (AvgIpc) is 2.58. The lowest BCUT2D eigenvalue weighted by molar-refractivity contribution is 0.456. The molecule has 0 saturated carbocycles. The predicted octanol–water partition coefficient (Wildman–Crippen LogP) is 1.97. The molecule has 0 saturated heterocycles. The quantitative estimate of drug-likeness (QED) is 0.705. The summed E-state index contributed by atoms with van der Waals surface area (Å²) in [6, 6.07) is 4.20. The highest BCUT2D eigenvalue weighted by atomic mass is 15.0. The number of fused-ring (bicyclic) bond motifs is 1. The summed E-state index contributed by atoms with van der Waals surface area (Å²) in [7, 11) is 4.18. The molecule has 2 nitrogen and oxygen atoms in total. The summed E-state index contributed by atoms with van der Waals surface area (Å²) < 4.78 is 0. The summed E-state index contributed by atoms with van der Waals surface area (Å²) >= 11 is 0. The number of nitrogens with zero attached hydrogens (tertiary/aromatic N) is 2. The van der Waals surface area contributed by atoms with Gasteiger partial charge in [-0.05, 0) is 44.1 Å². The third-order valence-corrected chi connectivity index (χ3v) is 2.56. The Kier molecular flexibility index (Phi) is 2.64. The van der Waals surface area contributed by atoms with Crippen LogP contribution in [0.5, 0.6) is 0 Å². The molecule has 0 unspecified atom stereocenters. The van der Waals surface area contributed by atoms with Gasteiger partial charge in [-0.1, -0.05) is 12.1 Å². The van der Waals surface area contributed by atoms with Gasteiger partial charge in [0.1, 0.15) is 0 Å². The maximum Gasteiger partial charge on any atom is 0.0691 e. The van der Waals surface area contributed by atoms with Crippen LogP contribution in [0, 0.1) is 0 Å². The number of allylic oxidation sites excluding steroid dienone is 1.